The molecule has 1 aliphatic heterocycles. The molecule has 156 valence electrons. The molecule has 1 aromatic carbocycles. The van der Waals surface area contributed by atoms with Gasteiger partial charge in [-0.2, -0.15) is 0 Å². The molecule has 0 aliphatic carbocycles. The highest BCUT2D eigenvalue weighted by atomic mass is 16.5. The summed E-state index contributed by atoms with van der Waals surface area (Å²) in [4.78, 5) is 4.53. The van der Waals surface area contributed by atoms with E-state index >= 15 is 0 Å². The molecule has 0 amide bonds. The van der Waals surface area contributed by atoms with Crippen molar-refractivity contribution >= 4 is 5.90 Å². The fourth-order valence-electron chi connectivity index (χ4n) is 3.59. The van der Waals surface area contributed by atoms with Crippen LogP contribution in [-0.4, -0.2) is 29.8 Å². The fraction of sp³-hybridized carbons (Fsp3) is 0.640. The van der Waals surface area contributed by atoms with E-state index in [9.17, 15) is 5.11 Å². The predicted molar refractivity (Wildman–Crippen MR) is 119 cm³/mol. The minimum absolute atomic E-state index is 0.191. The summed E-state index contributed by atoms with van der Waals surface area (Å²) in [7, 11) is 0. The Morgan fingerprint density at radius 1 is 0.964 bits per heavy atom. The van der Waals surface area contributed by atoms with E-state index in [4.69, 9.17) is 4.74 Å². The van der Waals surface area contributed by atoms with Gasteiger partial charge in [0, 0.05) is 5.56 Å². The molecule has 2 rings (SSSR count). The van der Waals surface area contributed by atoms with E-state index in [1.807, 2.05) is 36.4 Å². The molecule has 3 nitrogen and oxygen atoms in total. The average molecular weight is 386 g/mol. The number of aliphatic hydroxyl groups excluding tert-OH is 1. The number of aliphatic imine (C=N–C) groups is 1. The second-order valence-electron chi connectivity index (χ2n) is 7.92. The first-order chi connectivity index (χ1) is 13.8. The molecule has 1 aliphatic rings. The van der Waals surface area contributed by atoms with Gasteiger partial charge in [-0.15, -0.1) is 0 Å². The van der Waals surface area contributed by atoms with Crippen LogP contribution in [0.5, 0.6) is 0 Å². The van der Waals surface area contributed by atoms with Gasteiger partial charge in [-0.1, -0.05) is 101 Å². The van der Waals surface area contributed by atoms with Gasteiger partial charge in [0.2, 0.25) is 5.90 Å². The Morgan fingerprint density at radius 2 is 1.57 bits per heavy atom. The van der Waals surface area contributed by atoms with Crippen molar-refractivity contribution in [2.45, 2.75) is 96.1 Å². The zero-order chi connectivity index (χ0) is 19.9. The first-order valence-electron chi connectivity index (χ1n) is 11.4. The quantitative estimate of drug-likeness (QED) is 0.278. The lowest BCUT2D eigenvalue weighted by molar-refractivity contribution is 0.168. The van der Waals surface area contributed by atoms with Gasteiger partial charge in [0.15, 0.2) is 0 Å². The molecule has 0 saturated carbocycles. The molecule has 1 unspecified atom stereocenters. The third-order valence-corrected chi connectivity index (χ3v) is 5.40. The fourth-order valence-corrected chi connectivity index (χ4v) is 3.59. The number of rotatable bonds is 15. The summed E-state index contributed by atoms with van der Waals surface area (Å²) >= 11 is 0. The van der Waals surface area contributed by atoms with Crippen LogP contribution in [0.15, 0.2) is 47.5 Å². The van der Waals surface area contributed by atoms with E-state index in [1.54, 1.807) is 0 Å². The molecule has 28 heavy (non-hydrogen) atoms. The van der Waals surface area contributed by atoms with Gasteiger partial charge in [0.25, 0.3) is 0 Å². The summed E-state index contributed by atoms with van der Waals surface area (Å²) in [6.45, 7) is 2.73. The number of benzene rings is 1. The Balaban J connectivity index is 1.49. The number of nitrogens with zero attached hydrogens (tertiary/aromatic N) is 1. The maximum Gasteiger partial charge on any atom is 0.216 e. The normalized spacial score (nSPS) is 17.6. The minimum atomic E-state index is -0.561. The van der Waals surface area contributed by atoms with E-state index in [2.05, 4.69) is 18.0 Å². The van der Waals surface area contributed by atoms with Crippen molar-refractivity contribution in [2.24, 2.45) is 4.99 Å². The van der Waals surface area contributed by atoms with Crippen molar-refractivity contribution in [1.29, 1.82) is 0 Å². The van der Waals surface area contributed by atoms with Gasteiger partial charge in [-0.25, -0.2) is 4.99 Å². The number of aliphatic hydroxyl groups is 1. The highest BCUT2D eigenvalue weighted by Crippen LogP contribution is 2.16. The summed E-state index contributed by atoms with van der Waals surface area (Å²) in [5, 5.41) is 10.3. The van der Waals surface area contributed by atoms with E-state index in [1.165, 1.54) is 70.6 Å². The number of unbranched alkanes of at least 4 members (excludes halogenated alkanes) is 11. The van der Waals surface area contributed by atoms with Crippen molar-refractivity contribution < 1.29 is 9.84 Å². The molecule has 1 aromatic rings. The average Bonchev–Trinajstić information content (AvgIpc) is 3.22. The maximum absolute atomic E-state index is 10.3. The van der Waals surface area contributed by atoms with Crippen molar-refractivity contribution in [3.05, 3.63) is 48.0 Å². The van der Waals surface area contributed by atoms with Crippen LogP contribution in [0, 0.1) is 0 Å². The molecule has 0 spiro atoms. The van der Waals surface area contributed by atoms with Crippen LogP contribution >= 0.6 is 0 Å². The SMILES string of the molecule is CCCCCCCCCCCCC/C=C/[C@H](O)C1COC(c2ccccc2)=N1. The zero-order valence-electron chi connectivity index (χ0n) is 17.7. The number of hydrogen-bond donors (Lipinski definition) is 1. The van der Waals surface area contributed by atoms with Crippen molar-refractivity contribution in [3.63, 3.8) is 0 Å². The molecule has 3 heteroatoms. The summed E-state index contributed by atoms with van der Waals surface area (Å²) in [6.07, 6.45) is 19.5. The van der Waals surface area contributed by atoms with Gasteiger partial charge in [-0.05, 0) is 25.0 Å². The number of ether oxygens (including phenoxy) is 1. The summed E-state index contributed by atoms with van der Waals surface area (Å²) < 4.78 is 5.65. The maximum atomic E-state index is 10.3. The van der Waals surface area contributed by atoms with Crippen molar-refractivity contribution in [3.8, 4) is 0 Å². The predicted octanol–water partition coefficient (Wildman–Crippen LogP) is 6.45. The molecule has 1 heterocycles. The van der Waals surface area contributed by atoms with Gasteiger partial charge < -0.3 is 9.84 Å². The zero-order valence-corrected chi connectivity index (χ0v) is 17.7. The first kappa shape index (κ1) is 22.7. The highest BCUT2D eigenvalue weighted by Gasteiger charge is 2.24. The molecule has 2 atom stereocenters. The minimum Gasteiger partial charge on any atom is -0.475 e. The van der Waals surface area contributed by atoms with E-state index in [0.717, 1.165) is 12.0 Å². The largest absolute Gasteiger partial charge is 0.475 e. The molecular formula is C25H39NO2. The Labute approximate surface area is 171 Å². The molecule has 1 N–H and O–H groups in total. The summed E-state index contributed by atoms with van der Waals surface area (Å²) in [6, 6.07) is 9.69. The molecule has 0 bridgehead atoms. The van der Waals surface area contributed by atoms with Crippen LogP contribution in [0.2, 0.25) is 0 Å². The standard InChI is InChI=1S/C25H39NO2/c1-2-3-4-5-6-7-8-9-10-11-12-13-17-20-24(27)23-21-28-25(26-23)22-18-15-14-16-19-22/h14-20,23-24,27H,2-13,21H2,1H3/b20-17+/t23?,24-/m0/s1. The first-order valence-corrected chi connectivity index (χ1v) is 11.4. The Bertz CT molecular complexity index is 567. The summed E-state index contributed by atoms with van der Waals surface area (Å²) in [5.41, 5.74) is 0.974. The van der Waals surface area contributed by atoms with Crippen LogP contribution in [-0.2, 0) is 4.74 Å². The number of allylic oxidation sites excluding steroid dienone is 1. The topological polar surface area (TPSA) is 41.8 Å². The molecule has 0 aromatic heterocycles. The molecule has 0 radical (unpaired) electrons. The lowest BCUT2D eigenvalue weighted by atomic mass is 10.0. The number of hydrogen-bond acceptors (Lipinski definition) is 3. The Kier molecular flexibility index (Phi) is 11.7. The molecular weight excluding hydrogens is 346 g/mol. The smallest absolute Gasteiger partial charge is 0.216 e. The van der Waals surface area contributed by atoms with E-state index in [0.29, 0.717) is 12.5 Å². The third kappa shape index (κ3) is 9.05. The van der Waals surface area contributed by atoms with Crippen molar-refractivity contribution in [1.82, 2.24) is 0 Å². The lowest BCUT2D eigenvalue weighted by Crippen LogP contribution is -2.23. The summed E-state index contributed by atoms with van der Waals surface area (Å²) in [5.74, 6) is 0.642. The van der Waals surface area contributed by atoms with Gasteiger partial charge in [-0.3, -0.25) is 0 Å². The molecule has 0 fully saturated rings. The van der Waals surface area contributed by atoms with Gasteiger partial charge in [0.05, 0.1) is 6.10 Å². The molecule has 0 saturated heterocycles. The Hall–Kier alpha value is -1.61. The van der Waals surface area contributed by atoms with E-state index < -0.39 is 6.10 Å². The van der Waals surface area contributed by atoms with E-state index in [-0.39, 0.29) is 6.04 Å². The second-order valence-corrected chi connectivity index (χ2v) is 7.92. The van der Waals surface area contributed by atoms with Crippen molar-refractivity contribution in [2.75, 3.05) is 6.61 Å². The van der Waals surface area contributed by atoms with Gasteiger partial charge in [0.1, 0.15) is 12.6 Å². The third-order valence-electron chi connectivity index (χ3n) is 5.40. The van der Waals surface area contributed by atoms with Crippen LogP contribution in [0.3, 0.4) is 0 Å². The van der Waals surface area contributed by atoms with Crippen LogP contribution in [0.25, 0.3) is 0 Å². The monoisotopic (exact) mass is 385 g/mol. The van der Waals surface area contributed by atoms with Crippen LogP contribution in [0.4, 0.5) is 0 Å². The Morgan fingerprint density at radius 3 is 2.21 bits per heavy atom. The van der Waals surface area contributed by atoms with Crippen LogP contribution in [0.1, 0.15) is 89.5 Å². The van der Waals surface area contributed by atoms with Crippen LogP contribution < -0.4 is 0 Å². The highest BCUT2D eigenvalue weighted by molar-refractivity contribution is 5.95. The van der Waals surface area contributed by atoms with Gasteiger partial charge >= 0.3 is 0 Å². The lowest BCUT2D eigenvalue weighted by Gasteiger charge is -2.08. The second kappa shape index (κ2) is 14.4.